The predicted octanol–water partition coefficient (Wildman–Crippen LogP) is 4.17. The van der Waals surface area contributed by atoms with Crippen LogP contribution in [0.2, 0.25) is 0 Å². The molecule has 1 heterocycles. The van der Waals surface area contributed by atoms with Gasteiger partial charge in [0.1, 0.15) is 5.82 Å². The molecule has 19 heavy (non-hydrogen) atoms. The number of benzene rings is 1. The molecule has 0 aliphatic carbocycles. The molecule has 6 heteroatoms. The second-order valence-electron chi connectivity index (χ2n) is 3.89. The van der Waals surface area contributed by atoms with Gasteiger partial charge < -0.3 is 4.74 Å². The summed E-state index contributed by atoms with van der Waals surface area (Å²) in [6.45, 7) is 0.316. The van der Waals surface area contributed by atoms with Gasteiger partial charge in [-0.05, 0) is 18.6 Å². The molecule has 0 unspecified atom stereocenters. The van der Waals surface area contributed by atoms with Gasteiger partial charge in [-0.1, -0.05) is 0 Å². The summed E-state index contributed by atoms with van der Waals surface area (Å²) in [6.07, 6.45) is 1.42. The highest BCUT2D eigenvalue weighted by molar-refractivity contribution is 7.09. The Morgan fingerprint density at radius 2 is 2.16 bits per heavy atom. The third kappa shape index (κ3) is 4.14. The number of thiazole rings is 1. The first-order valence-corrected chi connectivity index (χ1v) is 7.17. The van der Waals surface area contributed by atoms with Crippen molar-refractivity contribution in [1.82, 2.24) is 4.98 Å². The van der Waals surface area contributed by atoms with Gasteiger partial charge in [0.15, 0.2) is 11.6 Å². The summed E-state index contributed by atoms with van der Waals surface area (Å²) in [7, 11) is 0. The highest BCUT2D eigenvalue weighted by atomic mass is 35.5. The number of aryl methyl sites for hydroxylation is 1. The van der Waals surface area contributed by atoms with Gasteiger partial charge in [-0.2, -0.15) is 0 Å². The fraction of sp³-hybridized carbons (Fsp3) is 0.308. The molecule has 0 spiro atoms. The standard InChI is InChI=1S/C13H12ClF2NOS/c14-7-10-8-19-13(17-10)2-1-5-18-12-6-9(15)3-4-11(12)16/h3-4,6,8H,1-2,5,7H2. The van der Waals surface area contributed by atoms with E-state index >= 15 is 0 Å². The Kier molecular flexibility index (Phi) is 5.10. The van der Waals surface area contributed by atoms with E-state index in [1.54, 1.807) is 11.3 Å². The molecule has 2 nitrogen and oxygen atoms in total. The molecule has 0 saturated heterocycles. The maximum Gasteiger partial charge on any atom is 0.165 e. The minimum absolute atomic E-state index is 0.0550. The third-order valence-electron chi connectivity index (χ3n) is 2.42. The Morgan fingerprint density at radius 3 is 2.89 bits per heavy atom. The van der Waals surface area contributed by atoms with Crippen LogP contribution < -0.4 is 4.74 Å². The number of rotatable bonds is 6. The maximum atomic E-state index is 13.3. The molecule has 0 aliphatic heterocycles. The Balaban J connectivity index is 1.79. The minimum atomic E-state index is -0.555. The van der Waals surface area contributed by atoms with Crippen LogP contribution in [0.3, 0.4) is 0 Å². The maximum absolute atomic E-state index is 13.3. The summed E-state index contributed by atoms with van der Waals surface area (Å²) in [6, 6.07) is 3.16. The van der Waals surface area contributed by atoms with Gasteiger partial charge in [-0.15, -0.1) is 22.9 Å². The topological polar surface area (TPSA) is 22.1 Å². The zero-order chi connectivity index (χ0) is 13.7. The van der Waals surface area contributed by atoms with Crippen molar-refractivity contribution < 1.29 is 13.5 Å². The van der Waals surface area contributed by atoms with E-state index in [1.807, 2.05) is 5.38 Å². The Morgan fingerprint density at radius 1 is 1.32 bits per heavy atom. The first-order valence-electron chi connectivity index (χ1n) is 5.76. The van der Waals surface area contributed by atoms with Crippen molar-refractivity contribution in [2.24, 2.45) is 0 Å². The van der Waals surface area contributed by atoms with Crippen molar-refractivity contribution in [2.45, 2.75) is 18.7 Å². The largest absolute Gasteiger partial charge is 0.490 e. The molecule has 0 N–H and O–H groups in total. The zero-order valence-electron chi connectivity index (χ0n) is 10.0. The van der Waals surface area contributed by atoms with Crippen LogP contribution in [0.25, 0.3) is 0 Å². The summed E-state index contributed by atoms with van der Waals surface area (Å²) in [5, 5.41) is 2.88. The van der Waals surface area contributed by atoms with Gasteiger partial charge in [0.25, 0.3) is 0 Å². The Labute approximate surface area is 119 Å². The highest BCUT2D eigenvalue weighted by Gasteiger charge is 2.05. The van der Waals surface area contributed by atoms with Gasteiger partial charge in [-0.25, -0.2) is 13.8 Å². The monoisotopic (exact) mass is 303 g/mol. The van der Waals surface area contributed by atoms with E-state index in [4.69, 9.17) is 16.3 Å². The number of aromatic nitrogens is 1. The Hall–Kier alpha value is -1.20. The molecular weight excluding hydrogens is 292 g/mol. The van der Waals surface area contributed by atoms with Crippen LogP contribution in [-0.2, 0) is 12.3 Å². The van der Waals surface area contributed by atoms with Gasteiger partial charge >= 0.3 is 0 Å². The normalized spacial score (nSPS) is 10.7. The van der Waals surface area contributed by atoms with Gasteiger partial charge in [-0.3, -0.25) is 0 Å². The second kappa shape index (κ2) is 6.82. The van der Waals surface area contributed by atoms with E-state index in [-0.39, 0.29) is 5.75 Å². The number of hydrogen-bond donors (Lipinski definition) is 0. The molecule has 0 amide bonds. The molecule has 1 aromatic heterocycles. The molecule has 2 aromatic rings. The van der Waals surface area contributed by atoms with Gasteiger partial charge in [0.2, 0.25) is 0 Å². The summed E-state index contributed by atoms with van der Waals surface area (Å²) in [5.41, 5.74) is 0.860. The van der Waals surface area contributed by atoms with Crippen molar-refractivity contribution >= 4 is 22.9 Å². The lowest BCUT2D eigenvalue weighted by molar-refractivity contribution is 0.294. The van der Waals surface area contributed by atoms with Crippen molar-refractivity contribution in [3.05, 3.63) is 45.9 Å². The summed E-state index contributed by atoms with van der Waals surface area (Å²) in [4.78, 5) is 4.30. The molecule has 0 aliphatic rings. The van der Waals surface area contributed by atoms with E-state index < -0.39 is 11.6 Å². The van der Waals surface area contributed by atoms with Crippen LogP contribution in [-0.4, -0.2) is 11.6 Å². The molecule has 0 fully saturated rings. The first kappa shape index (κ1) is 14.2. The second-order valence-corrected chi connectivity index (χ2v) is 5.10. The van der Waals surface area contributed by atoms with Crippen LogP contribution >= 0.6 is 22.9 Å². The molecule has 0 atom stereocenters. The fourth-order valence-electron chi connectivity index (χ4n) is 1.52. The first-order chi connectivity index (χ1) is 9.19. The molecule has 102 valence electrons. The number of nitrogens with zero attached hydrogens (tertiary/aromatic N) is 1. The lowest BCUT2D eigenvalue weighted by Gasteiger charge is -2.06. The molecule has 1 aromatic carbocycles. The number of halogens is 3. The predicted molar refractivity (Wildman–Crippen MR) is 71.8 cm³/mol. The van der Waals surface area contributed by atoms with E-state index in [1.165, 1.54) is 0 Å². The number of alkyl halides is 1. The number of hydrogen-bond acceptors (Lipinski definition) is 3. The molecule has 0 radical (unpaired) electrons. The van der Waals surface area contributed by atoms with Crippen LogP contribution in [0.4, 0.5) is 8.78 Å². The fourth-order valence-corrected chi connectivity index (χ4v) is 2.59. The van der Waals surface area contributed by atoms with Crippen LogP contribution in [0.5, 0.6) is 5.75 Å². The zero-order valence-corrected chi connectivity index (χ0v) is 11.6. The summed E-state index contributed by atoms with van der Waals surface area (Å²) in [5.74, 6) is -0.717. The highest BCUT2D eigenvalue weighted by Crippen LogP contribution is 2.19. The lowest BCUT2D eigenvalue weighted by Crippen LogP contribution is -2.01. The summed E-state index contributed by atoms with van der Waals surface area (Å²) >= 11 is 7.20. The van der Waals surface area contributed by atoms with Crippen LogP contribution in [0, 0.1) is 11.6 Å². The van der Waals surface area contributed by atoms with E-state index in [0.29, 0.717) is 18.9 Å². The Bertz CT molecular complexity index is 547. The van der Waals surface area contributed by atoms with E-state index in [0.717, 1.165) is 35.3 Å². The average Bonchev–Trinajstić information content (AvgIpc) is 2.86. The summed E-state index contributed by atoms with van der Waals surface area (Å²) < 4.78 is 31.4. The quantitative estimate of drug-likeness (QED) is 0.590. The molecule has 0 saturated carbocycles. The van der Waals surface area contributed by atoms with Crippen molar-refractivity contribution in [2.75, 3.05) is 6.61 Å². The molecule has 2 rings (SSSR count). The lowest BCUT2D eigenvalue weighted by atomic mass is 10.3. The van der Waals surface area contributed by atoms with Crippen molar-refractivity contribution in [3.8, 4) is 5.75 Å². The van der Waals surface area contributed by atoms with E-state index in [9.17, 15) is 8.78 Å². The minimum Gasteiger partial charge on any atom is -0.490 e. The molecule has 0 bridgehead atoms. The van der Waals surface area contributed by atoms with Crippen LogP contribution in [0.15, 0.2) is 23.6 Å². The van der Waals surface area contributed by atoms with E-state index in [2.05, 4.69) is 4.98 Å². The van der Waals surface area contributed by atoms with Crippen LogP contribution in [0.1, 0.15) is 17.1 Å². The van der Waals surface area contributed by atoms with Crippen molar-refractivity contribution in [1.29, 1.82) is 0 Å². The number of ether oxygens (including phenoxy) is 1. The smallest absolute Gasteiger partial charge is 0.165 e. The van der Waals surface area contributed by atoms with Gasteiger partial charge in [0.05, 0.1) is 23.2 Å². The van der Waals surface area contributed by atoms with Crippen molar-refractivity contribution in [3.63, 3.8) is 0 Å². The average molecular weight is 304 g/mol. The molecular formula is C13H12ClF2NOS. The third-order valence-corrected chi connectivity index (χ3v) is 3.65. The van der Waals surface area contributed by atoms with Gasteiger partial charge in [0, 0.05) is 17.9 Å². The SMILES string of the molecule is Fc1ccc(F)c(OCCCc2nc(CCl)cs2)c1.